The molecule has 0 heterocycles. The van der Waals surface area contributed by atoms with Crippen molar-refractivity contribution in [3.8, 4) is 0 Å². The Hall–Kier alpha value is 0.406. The third-order valence-electron chi connectivity index (χ3n) is 0. The van der Waals surface area contributed by atoms with Gasteiger partial charge in [0.05, 0.1) is 0 Å². The first-order chi connectivity index (χ1) is 2.00. The Kier molecular flexibility index (Phi) is 1120. The van der Waals surface area contributed by atoms with Crippen molar-refractivity contribution in [2.45, 2.75) is 0 Å². The van der Waals surface area contributed by atoms with Crippen LogP contribution in [0.1, 0.15) is 0 Å². The topological polar surface area (TPSA) is 34.1 Å². The maximum absolute atomic E-state index is 8.06. The predicted molar refractivity (Wildman–Crippen MR) is 16.1 cm³/mol. The fourth-order valence-electron chi connectivity index (χ4n) is 0. The van der Waals surface area contributed by atoms with Gasteiger partial charge in [0.15, 0.2) is 0 Å². The second-order valence-corrected chi connectivity index (χ2v) is 0. The van der Waals surface area contributed by atoms with Crippen molar-refractivity contribution >= 4 is 9.12 Å². The zero-order valence-electron chi connectivity index (χ0n) is 2.65. The van der Waals surface area contributed by atoms with Gasteiger partial charge in [-0.05, 0) is 0 Å². The fraction of sp³-hybridized carbons (Fsp3) is 0. The average molecular weight is 138 g/mol. The summed E-state index contributed by atoms with van der Waals surface area (Å²) in [5, 5.41) is 0. The minimum atomic E-state index is 0. The Bertz CT molecular complexity index is 11.6. The molecular formula is CH4CoO2P-. The first kappa shape index (κ1) is 18.1. The summed E-state index contributed by atoms with van der Waals surface area (Å²) in [6, 6.07) is 0. The first-order valence-electron chi connectivity index (χ1n) is 0.340. The van der Waals surface area contributed by atoms with Crippen LogP contribution in [-0.4, -0.2) is 0 Å². The van der Waals surface area contributed by atoms with E-state index in [4.69, 9.17) is 8.43 Å². The van der Waals surface area contributed by atoms with Gasteiger partial charge in [-0.25, -0.2) is 0 Å². The Labute approximate surface area is 41.4 Å². The quantitative estimate of drug-likeness (QED) is 0.366. The summed E-state index contributed by atoms with van der Waals surface area (Å²) in [7, 11) is 1.72. The van der Waals surface area contributed by atoms with Gasteiger partial charge >= 0.3 is 19.5 Å². The predicted octanol–water partition coefficient (Wildman–Crippen LogP) is 0.804. The molecule has 0 aromatic rings. The normalized spacial score (nSPS) is 1.80. The summed E-state index contributed by atoms with van der Waals surface area (Å²) in [6.07, 6.45) is 0. The Morgan fingerprint density at radius 2 is 1.20 bits per heavy atom. The SMILES string of the molecule is O=P.[CH3-].[O]=[Co]. The molecule has 5 heavy (non-hydrogen) atoms. The van der Waals surface area contributed by atoms with Crippen molar-refractivity contribution in [2.24, 2.45) is 0 Å². The van der Waals surface area contributed by atoms with E-state index in [1.807, 2.05) is 0 Å². The van der Waals surface area contributed by atoms with Gasteiger partial charge in [-0.1, -0.05) is 0 Å². The van der Waals surface area contributed by atoms with E-state index in [0.29, 0.717) is 0 Å². The van der Waals surface area contributed by atoms with Crippen LogP contribution in [0.2, 0.25) is 0 Å². The molecule has 0 fully saturated rings. The van der Waals surface area contributed by atoms with Crippen LogP contribution in [0.25, 0.3) is 0 Å². The molecule has 35 valence electrons. The molecule has 2 nitrogen and oxygen atoms in total. The van der Waals surface area contributed by atoms with E-state index in [2.05, 4.69) is 15.7 Å². The van der Waals surface area contributed by atoms with Gasteiger partial charge in [-0.15, -0.1) is 0 Å². The molecule has 0 saturated heterocycles. The molecule has 0 saturated carbocycles. The molecule has 0 atom stereocenters. The molecular weight excluding hydrogens is 134 g/mol. The van der Waals surface area contributed by atoms with Crippen LogP contribution in [0.3, 0.4) is 0 Å². The van der Waals surface area contributed by atoms with E-state index in [1.165, 1.54) is 0 Å². The average Bonchev–Trinajstić information content (AvgIpc) is 1.50. The Balaban J connectivity index is -0.0000000133. The van der Waals surface area contributed by atoms with Crippen LogP contribution in [0, 0.1) is 7.43 Å². The summed E-state index contributed by atoms with van der Waals surface area (Å²) in [4.78, 5) is 0. The molecule has 0 aliphatic carbocycles. The van der Waals surface area contributed by atoms with Crippen LogP contribution in [-0.2, 0) is 24.1 Å². The van der Waals surface area contributed by atoms with Crippen molar-refractivity contribution in [3.63, 3.8) is 0 Å². The molecule has 0 aliphatic rings. The molecule has 0 aromatic carbocycles. The van der Waals surface area contributed by atoms with Crippen LogP contribution < -0.4 is 0 Å². The Morgan fingerprint density at radius 1 is 1.20 bits per heavy atom. The van der Waals surface area contributed by atoms with Crippen molar-refractivity contribution in [1.29, 1.82) is 0 Å². The molecule has 0 radical (unpaired) electrons. The van der Waals surface area contributed by atoms with E-state index < -0.39 is 0 Å². The zero-order chi connectivity index (χ0) is 4.00. The maximum atomic E-state index is 8.06. The van der Waals surface area contributed by atoms with E-state index >= 15 is 0 Å². The monoisotopic (exact) mass is 138 g/mol. The molecule has 0 unspecified atom stereocenters. The summed E-state index contributed by atoms with van der Waals surface area (Å²) in [6.45, 7) is 0. The van der Waals surface area contributed by atoms with Crippen LogP contribution in [0.4, 0.5) is 0 Å². The van der Waals surface area contributed by atoms with Crippen molar-refractivity contribution in [2.75, 3.05) is 0 Å². The molecule has 0 N–H and O–H groups in total. The van der Waals surface area contributed by atoms with E-state index in [9.17, 15) is 0 Å². The summed E-state index contributed by atoms with van der Waals surface area (Å²) in [5.41, 5.74) is 0. The van der Waals surface area contributed by atoms with Gasteiger partial charge in [0.2, 0.25) is 0 Å². The third kappa shape index (κ3) is 154. The van der Waals surface area contributed by atoms with E-state index in [-0.39, 0.29) is 7.43 Å². The number of hydrogen-bond donors (Lipinski definition) is 0. The molecule has 0 aromatic heterocycles. The summed E-state index contributed by atoms with van der Waals surface area (Å²) >= 11 is 2.31. The van der Waals surface area contributed by atoms with Crippen LogP contribution in [0.15, 0.2) is 0 Å². The molecule has 0 aliphatic heterocycles. The molecule has 0 amide bonds. The van der Waals surface area contributed by atoms with Gasteiger partial charge in [-0.2, -0.15) is 0 Å². The second-order valence-electron chi connectivity index (χ2n) is 0. The standard InChI is InChI=1S/CH3.Co.HOP.O/c;;1-2;/h1H3;;2H;/q-1;;;. The van der Waals surface area contributed by atoms with E-state index in [1.54, 1.807) is 9.12 Å². The van der Waals surface area contributed by atoms with Crippen LogP contribution >= 0.6 is 9.12 Å². The van der Waals surface area contributed by atoms with Gasteiger partial charge in [0, 0.05) is 0 Å². The molecule has 0 bridgehead atoms. The zero-order valence-corrected chi connectivity index (χ0v) is 4.69. The van der Waals surface area contributed by atoms with Crippen molar-refractivity contribution < 1.29 is 24.1 Å². The molecule has 0 spiro atoms. The van der Waals surface area contributed by atoms with Gasteiger partial charge in [-0.3, -0.25) is 4.57 Å². The molecule has 0 rings (SSSR count). The van der Waals surface area contributed by atoms with Crippen LogP contribution in [0.5, 0.6) is 0 Å². The summed E-state index contributed by atoms with van der Waals surface area (Å²) < 4.78 is 16.0. The van der Waals surface area contributed by atoms with Crippen molar-refractivity contribution in [3.05, 3.63) is 7.43 Å². The Morgan fingerprint density at radius 3 is 1.20 bits per heavy atom. The minimum absolute atomic E-state index is 0. The number of rotatable bonds is 0. The second kappa shape index (κ2) is 309. The van der Waals surface area contributed by atoms with E-state index in [0.717, 1.165) is 0 Å². The van der Waals surface area contributed by atoms with Gasteiger partial charge in [0.1, 0.15) is 9.12 Å². The fourth-order valence-corrected chi connectivity index (χ4v) is 0. The number of hydrogen-bond acceptors (Lipinski definition) is 2. The summed E-state index contributed by atoms with van der Waals surface area (Å²) in [5.74, 6) is 0. The van der Waals surface area contributed by atoms with Gasteiger partial charge in [0.25, 0.3) is 0 Å². The van der Waals surface area contributed by atoms with Crippen molar-refractivity contribution in [1.82, 2.24) is 0 Å². The third-order valence-corrected chi connectivity index (χ3v) is 0. The first-order valence-corrected chi connectivity index (χ1v) is 1.17. The molecule has 4 heteroatoms. The van der Waals surface area contributed by atoms with Gasteiger partial charge < -0.3 is 7.43 Å².